The van der Waals surface area contributed by atoms with Crippen molar-refractivity contribution in [2.75, 3.05) is 0 Å². The van der Waals surface area contributed by atoms with Crippen LogP contribution in [0.2, 0.25) is 0 Å². The summed E-state index contributed by atoms with van der Waals surface area (Å²) < 4.78 is 5.15. The maximum absolute atomic E-state index is 12.5. The highest BCUT2D eigenvalue weighted by Crippen LogP contribution is 2.07. The molecule has 0 fully saturated rings. The van der Waals surface area contributed by atoms with Gasteiger partial charge in [0.15, 0.2) is 0 Å². The van der Waals surface area contributed by atoms with Crippen molar-refractivity contribution in [3.63, 3.8) is 0 Å². The van der Waals surface area contributed by atoms with Gasteiger partial charge in [-0.15, -0.1) is 0 Å². The topological polar surface area (TPSA) is 111 Å². The molecule has 0 aliphatic rings. The van der Waals surface area contributed by atoms with Gasteiger partial charge >= 0.3 is 6.09 Å². The molecule has 3 amide bonds. The Kier molecular flexibility index (Phi) is 9.19. The molecule has 7 heteroatoms. The van der Waals surface area contributed by atoms with Crippen LogP contribution in [-0.2, 0) is 20.9 Å². The zero-order valence-corrected chi connectivity index (χ0v) is 15.7. The summed E-state index contributed by atoms with van der Waals surface area (Å²) in [7, 11) is 0. The van der Waals surface area contributed by atoms with Crippen LogP contribution in [0.3, 0.4) is 0 Å². The molecule has 144 valence electrons. The molecule has 0 bridgehead atoms. The molecule has 0 aliphatic heterocycles. The molecule has 1 aromatic carbocycles. The summed E-state index contributed by atoms with van der Waals surface area (Å²) in [6, 6.07) is 7.68. The van der Waals surface area contributed by atoms with Crippen LogP contribution in [0, 0.1) is 5.92 Å². The monoisotopic (exact) mass is 363 g/mol. The van der Waals surface area contributed by atoms with Crippen molar-refractivity contribution in [2.24, 2.45) is 11.7 Å². The van der Waals surface area contributed by atoms with Gasteiger partial charge in [-0.25, -0.2) is 4.79 Å². The van der Waals surface area contributed by atoms with Gasteiger partial charge in [-0.1, -0.05) is 63.9 Å². The molecule has 0 saturated carbocycles. The summed E-state index contributed by atoms with van der Waals surface area (Å²) in [5, 5.41) is 5.19. The van der Waals surface area contributed by atoms with Crippen LogP contribution < -0.4 is 16.4 Å². The number of benzene rings is 1. The highest BCUT2D eigenvalue weighted by Gasteiger charge is 2.28. The van der Waals surface area contributed by atoms with Crippen LogP contribution in [0.1, 0.15) is 45.6 Å². The van der Waals surface area contributed by atoms with Gasteiger partial charge in [-0.3, -0.25) is 9.59 Å². The first-order valence-corrected chi connectivity index (χ1v) is 8.92. The van der Waals surface area contributed by atoms with Crippen LogP contribution in [0.5, 0.6) is 0 Å². The van der Waals surface area contributed by atoms with Crippen molar-refractivity contribution in [1.82, 2.24) is 10.6 Å². The SMILES string of the molecule is CCCC[C@@H](NC(=O)[C@H](NC(=O)OCc1ccccc1)C(C)C)C(N)=O. The number of hydrogen-bond acceptors (Lipinski definition) is 4. The zero-order chi connectivity index (χ0) is 19.5. The Balaban J connectivity index is 2.61. The Labute approximate surface area is 154 Å². The number of hydrogen-bond donors (Lipinski definition) is 3. The molecule has 0 radical (unpaired) electrons. The molecule has 0 aromatic heterocycles. The molecule has 0 unspecified atom stereocenters. The Bertz CT molecular complexity index is 590. The highest BCUT2D eigenvalue weighted by molar-refractivity contribution is 5.90. The lowest BCUT2D eigenvalue weighted by Gasteiger charge is -2.24. The van der Waals surface area contributed by atoms with Crippen LogP contribution in [0.25, 0.3) is 0 Å². The minimum absolute atomic E-state index is 0.111. The fraction of sp³-hybridized carbons (Fsp3) is 0.526. The number of nitrogens with one attached hydrogen (secondary N) is 2. The number of ether oxygens (including phenoxy) is 1. The molecule has 2 atom stereocenters. The van der Waals surface area contributed by atoms with Crippen LogP contribution in [0.15, 0.2) is 30.3 Å². The first-order chi connectivity index (χ1) is 12.3. The molecule has 0 heterocycles. The Morgan fingerprint density at radius 2 is 1.77 bits per heavy atom. The quantitative estimate of drug-likeness (QED) is 0.591. The summed E-state index contributed by atoms with van der Waals surface area (Å²) in [4.78, 5) is 36.0. The van der Waals surface area contributed by atoms with Gasteiger partial charge in [-0.2, -0.15) is 0 Å². The van der Waals surface area contributed by atoms with E-state index in [0.29, 0.717) is 6.42 Å². The van der Waals surface area contributed by atoms with Crippen LogP contribution >= 0.6 is 0 Å². The molecule has 4 N–H and O–H groups in total. The molecule has 0 aliphatic carbocycles. The lowest BCUT2D eigenvalue weighted by atomic mass is 10.0. The third-order valence-electron chi connectivity index (χ3n) is 3.94. The number of carbonyl (C=O) groups is 3. The van der Waals surface area contributed by atoms with Crippen molar-refractivity contribution < 1.29 is 19.1 Å². The van der Waals surface area contributed by atoms with E-state index in [4.69, 9.17) is 10.5 Å². The van der Waals surface area contributed by atoms with E-state index in [0.717, 1.165) is 18.4 Å². The van der Waals surface area contributed by atoms with Crippen molar-refractivity contribution in [3.05, 3.63) is 35.9 Å². The van der Waals surface area contributed by atoms with Gasteiger partial charge in [0, 0.05) is 0 Å². The predicted octanol–water partition coefficient (Wildman–Crippen LogP) is 2.10. The van der Waals surface area contributed by atoms with E-state index < -0.39 is 30.0 Å². The zero-order valence-electron chi connectivity index (χ0n) is 15.7. The minimum Gasteiger partial charge on any atom is -0.445 e. The molecule has 1 rings (SSSR count). The summed E-state index contributed by atoms with van der Waals surface area (Å²) in [6.07, 6.45) is 1.44. The lowest BCUT2D eigenvalue weighted by Crippen LogP contribution is -2.54. The van der Waals surface area contributed by atoms with Gasteiger partial charge in [0.2, 0.25) is 11.8 Å². The number of alkyl carbamates (subject to hydrolysis) is 1. The number of unbranched alkanes of at least 4 members (excludes halogenated alkanes) is 1. The average Bonchev–Trinajstić information content (AvgIpc) is 2.61. The van der Waals surface area contributed by atoms with Gasteiger partial charge in [0.1, 0.15) is 18.7 Å². The van der Waals surface area contributed by atoms with E-state index in [2.05, 4.69) is 10.6 Å². The molecule has 1 aromatic rings. The van der Waals surface area contributed by atoms with Crippen molar-refractivity contribution >= 4 is 17.9 Å². The first kappa shape index (κ1) is 21.5. The second-order valence-electron chi connectivity index (χ2n) is 6.53. The molecular formula is C19H29N3O4. The molecule has 7 nitrogen and oxygen atoms in total. The van der Waals surface area contributed by atoms with Gasteiger partial charge in [0.05, 0.1) is 0 Å². The van der Waals surface area contributed by atoms with Gasteiger partial charge < -0.3 is 21.1 Å². The number of amides is 3. The summed E-state index contributed by atoms with van der Waals surface area (Å²) >= 11 is 0. The Morgan fingerprint density at radius 1 is 1.12 bits per heavy atom. The number of nitrogens with two attached hydrogens (primary N) is 1. The molecule has 26 heavy (non-hydrogen) atoms. The third-order valence-corrected chi connectivity index (χ3v) is 3.94. The standard InChI is InChI=1S/C19H29N3O4/c1-4-5-11-15(17(20)23)21-18(24)16(13(2)3)22-19(25)26-12-14-9-7-6-8-10-14/h6-10,13,15-16H,4-5,11-12H2,1-3H3,(H2,20,23)(H,21,24)(H,22,25)/t15-,16-/m1/s1. The predicted molar refractivity (Wildman–Crippen MR) is 99.0 cm³/mol. The van der Waals surface area contributed by atoms with E-state index in [-0.39, 0.29) is 12.5 Å². The summed E-state index contributed by atoms with van der Waals surface area (Å²) in [5.41, 5.74) is 6.20. The number of primary amides is 1. The third kappa shape index (κ3) is 7.55. The van der Waals surface area contributed by atoms with E-state index >= 15 is 0 Å². The van der Waals surface area contributed by atoms with Crippen molar-refractivity contribution in [2.45, 2.75) is 58.7 Å². The summed E-state index contributed by atoms with van der Waals surface area (Å²) in [5.74, 6) is -1.21. The van der Waals surface area contributed by atoms with Crippen molar-refractivity contribution in [3.8, 4) is 0 Å². The van der Waals surface area contributed by atoms with E-state index in [1.54, 1.807) is 13.8 Å². The molecule has 0 saturated heterocycles. The lowest BCUT2D eigenvalue weighted by molar-refractivity contribution is -0.129. The first-order valence-electron chi connectivity index (χ1n) is 8.92. The largest absolute Gasteiger partial charge is 0.445 e. The minimum atomic E-state index is -0.818. The summed E-state index contributed by atoms with van der Waals surface area (Å²) in [6.45, 7) is 5.70. The van der Waals surface area contributed by atoms with Crippen molar-refractivity contribution in [1.29, 1.82) is 0 Å². The maximum Gasteiger partial charge on any atom is 0.408 e. The normalized spacial score (nSPS) is 12.9. The number of rotatable bonds is 10. The van der Waals surface area contributed by atoms with Crippen LogP contribution in [-0.4, -0.2) is 30.0 Å². The number of carbonyl (C=O) groups excluding carboxylic acids is 3. The Hall–Kier alpha value is -2.57. The second kappa shape index (κ2) is 11.1. The van der Waals surface area contributed by atoms with Crippen LogP contribution in [0.4, 0.5) is 4.79 Å². The smallest absolute Gasteiger partial charge is 0.408 e. The highest BCUT2D eigenvalue weighted by atomic mass is 16.5. The fourth-order valence-corrected chi connectivity index (χ4v) is 2.38. The van der Waals surface area contributed by atoms with E-state index in [1.165, 1.54) is 0 Å². The maximum atomic E-state index is 12.5. The average molecular weight is 363 g/mol. The van der Waals surface area contributed by atoms with E-state index in [9.17, 15) is 14.4 Å². The van der Waals surface area contributed by atoms with E-state index in [1.807, 2.05) is 37.3 Å². The second-order valence-corrected chi connectivity index (χ2v) is 6.53. The van der Waals surface area contributed by atoms with Gasteiger partial charge in [-0.05, 0) is 17.9 Å². The molecular weight excluding hydrogens is 334 g/mol. The van der Waals surface area contributed by atoms with Gasteiger partial charge in [0.25, 0.3) is 0 Å². The fourth-order valence-electron chi connectivity index (χ4n) is 2.38. The molecule has 0 spiro atoms. The Morgan fingerprint density at radius 3 is 2.31 bits per heavy atom.